The monoisotopic (exact) mass is 386 g/mol. The van der Waals surface area contributed by atoms with Crippen LogP contribution in [0.4, 0.5) is 5.69 Å². The highest BCUT2D eigenvalue weighted by molar-refractivity contribution is 7.15. The van der Waals surface area contributed by atoms with Crippen LogP contribution in [0.1, 0.15) is 10.5 Å². The Labute approximate surface area is 163 Å². The number of rotatable bonds is 4. The molecule has 1 N–H and O–H groups in total. The molecule has 7 nitrogen and oxygen atoms in total. The minimum absolute atomic E-state index is 0.252. The Hall–Kier alpha value is -3.78. The number of anilines is 1. The minimum atomic E-state index is -0.308. The first-order chi connectivity index (χ1) is 13.8. The van der Waals surface area contributed by atoms with Crippen LogP contribution in [0.2, 0.25) is 0 Å². The van der Waals surface area contributed by atoms with Crippen LogP contribution in [0.15, 0.2) is 78.6 Å². The van der Waals surface area contributed by atoms with E-state index in [1.807, 2.05) is 76.8 Å². The van der Waals surface area contributed by atoms with E-state index in [2.05, 4.69) is 20.5 Å². The molecule has 0 aliphatic heterocycles. The molecule has 0 unspecified atom stereocenters. The molecule has 136 valence electrons. The summed E-state index contributed by atoms with van der Waals surface area (Å²) in [5.74, 6) is -0.308. The number of thiazole rings is 1. The maximum absolute atomic E-state index is 12.5. The Morgan fingerprint density at radius 2 is 1.86 bits per heavy atom. The van der Waals surface area contributed by atoms with Gasteiger partial charge in [-0.1, -0.05) is 30.3 Å². The molecule has 3 heterocycles. The number of nitrogens with one attached hydrogen (secondary N) is 1. The summed E-state index contributed by atoms with van der Waals surface area (Å²) in [7, 11) is 0. The van der Waals surface area contributed by atoms with Crippen molar-refractivity contribution < 1.29 is 4.79 Å². The van der Waals surface area contributed by atoms with Gasteiger partial charge in [-0.05, 0) is 24.3 Å². The number of fused-ring (bicyclic) bond motifs is 1. The van der Waals surface area contributed by atoms with Crippen LogP contribution in [0, 0.1) is 0 Å². The number of nitrogens with zero attached hydrogens (tertiary/aromatic N) is 5. The molecule has 0 fully saturated rings. The maximum atomic E-state index is 12.5. The first-order valence-corrected chi connectivity index (χ1v) is 9.46. The highest BCUT2D eigenvalue weighted by atomic mass is 32.1. The summed E-state index contributed by atoms with van der Waals surface area (Å²) in [5.41, 5.74) is 3.62. The van der Waals surface area contributed by atoms with Crippen LogP contribution >= 0.6 is 11.3 Å². The summed E-state index contributed by atoms with van der Waals surface area (Å²) in [6.07, 6.45) is 5.42. The van der Waals surface area contributed by atoms with Crippen LogP contribution in [0.25, 0.3) is 21.9 Å². The van der Waals surface area contributed by atoms with Gasteiger partial charge in [-0.2, -0.15) is 9.90 Å². The lowest BCUT2D eigenvalue weighted by molar-refractivity contribution is 0.102. The van der Waals surface area contributed by atoms with Gasteiger partial charge in [0.2, 0.25) is 0 Å². The molecule has 8 heteroatoms. The first kappa shape index (κ1) is 16.4. The molecule has 2 aromatic carbocycles. The Morgan fingerprint density at radius 3 is 2.64 bits per heavy atom. The van der Waals surface area contributed by atoms with Gasteiger partial charge in [-0.25, -0.2) is 4.98 Å². The zero-order valence-corrected chi connectivity index (χ0v) is 15.4. The van der Waals surface area contributed by atoms with Crippen molar-refractivity contribution in [3.8, 4) is 16.9 Å². The van der Waals surface area contributed by atoms with Crippen molar-refractivity contribution >= 4 is 27.9 Å². The van der Waals surface area contributed by atoms with E-state index in [4.69, 9.17) is 0 Å². The fourth-order valence-electron chi connectivity index (χ4n) is 2.84. The summed E-state index contributed by atoms with van der Waals surface area (Å²) < 4.78 is 1.99. The van der Waals surface area contributed by atoms with E-state index < -0.39 is 0 Å². The van der Waals surface area contributed by atoms with Gasteiger partial charge in [-0.3, -0.25) is 9.20 Å². The number of hydrogen-bond donors (Lipinski definition) is 1. The number of benzene rings is 2. The van der Waals surface area contributed by atoms with Crippen molar-refractivity contribution in [3.05, 3.63) is 84.3 Å². The van der Waals surface area contributed by atoms with Gasteiger partial charge in [0, 0.05) is 29.0 Å². The number of carbonyl (C=O) groups is 1. The van der Waals surface area contributed by atoms with E-state index in [-0.39, 0.29) is 11.6 Å². The Bertz CT molecular complexity index is 1220. The predicted octanol–water partition coefficient (Wildman–Crippen LogP) is 3.90. The lowest BCUT2D eigenvalue weighted by Crippen LogP contribution is -2.13. The number of imidazole rings is 1. The van der Waals surface area contributed by atoms with Gasteiger partial charge in [0.25, 0.3) is 5.91 Å². The van der Waals surface area contributed by atoms with E-state index in [1.54, 1.807) is 11.3 Å². The van der Waals surface area contributed by atoms with Gasteiger partial charge in [0.1, 0.15) is 0 Å². The SMILES string of the molecule is O=C(Nc1ccc(-c2cn3ccsc3n2)cc1)c1cnn(-c2ccccc2)n1. The third-order valence-electron chi connectivity index (χ3n) is 4.24. The van der Waals surface area contributed by atoms with Crippen molar-refractivity contribution in [2.75, 3.05) is 5.32 Å². The summed E-state index contributed by atoms with van der Waals surface area (Å²) in [6.45, 7) is 0. The minimum Gasteiger partial charge on any atom is -0.321 e. The van der Waals surface area contributed by atoms with E-state index in [9.17, 15) is 4.79 Å². The molecule has 5 rings (SSSR count). The zero-order chi connectivity index (χ0) is 18.9. The molecule has 0 aliphatic rings. The van der Waals surface area contributed by atoms with Gasteiger partial charge in [-0.15, -0.1) is 16.4 Å². The first-order valence-electron chi connectivity index (χ1n) is 8.58. The third-order valence-corrected chi connectivity index (χ3v) is 5.01. The standard InChI is InChI=1S/C20H14N6OS/c27-19(17-12-21-26(24-17)16-4-2-1-3-5-16)22-15-8-6-14(7-9-15)18-13-25-10-11-28-20(25)23-18/h1-13H,(H,22,27). The van der Waals surface area contributed by atoms with Crippen molar-refractivity contribution in [1.29, 1.82) is 0 Å². The second-order valence-corrected chi connectivity index (χ2v) is 6.98. The van der Waals surface area contributed by atoms with E-state index >= 15 is 0 Å². The largest absolute Gasteiger partial charge is 0.321 e. The van der Waals surface area contributed by atoms with Crippen LogP contribution in [-0.4, -0.2) is 30.3 Å². The van der Waals surface area contributed by atoms with Crippen LogP contribution < -0.4 is 5.32 Å². The molecular weight excluding hydrogens is 372 g/mol. The van der Waals surface area contributed by atoms with Crippen molar-refractivity contribution in [1.82, 2.24) is 24.4 Å². The number of carbonyl (C=O) groups excluding carboxylic acids is 1. The fourth-order valence-corrected chi connectivity index (χ4v) is 3.54. The number of hydrogen-bond acceptors (Lipinski definition) is 5. The highest BCUT2D eigenvalue weighted by Gasteiger charge is 2.12. The molecule has 5 aromatic rings. The molecule has 0 saturated carbocycles. The lowest BCUT2D eigenvalue weighted by Gasteiger charge is -2.04. The normalized spacial score (nSPS) is 11.0. The molecule has 3 aromatic heterocycles. The average molecular weight is 386 g/mol. The highest BCUT2D eigenvalue weighted by Crippen LogP contribution is 2.23. The topological polar surface area (TPSA) is 77.1 Å². The Kier molecular flexibility index (Phi) is 3.95. The second kappa shape index (κ2) is 6.75. The molecule has 28 heavy (non-hydrogen) atoms. The Balaban J connectivity index is 1.31. The van der Waals surface area contributed by atoms with E-state index in [0.717, 1.165) is 21.9 Å². The molecule has 0 aliphatic carbocycles. The molecule has 0 atom stereocenters. The quantitative estimate of drug-likeness (QED) is 0.508. The van der Waals surface area contributed by atoms with E-state index in [1.165, 1.54) is 11.0 Å². The second-order valence-electron chi connectivity index (χ2n) is 6.11. The van der Waals surface area contributed by atoms with Gasteiger partial charge in [0.05, 0.1) is 17.6 Å². The van der Waals surface area contributed by atoms with Gasteiger partial charge in [0.15, 0.2) is 10.7 Å². The summed E-state index contributed by atoms with van der Waals surface area (Å²) in [5, 5.41) is 13.2. The molecule has 0 radical (unpaired) electrons. The van der Waals surface area contributed by atoms with Crippen LogP contribution in [0.3, 0.4) is 0 Å². The number of aromatic nitrogens is 5. The predicted molar refractivity (Wildman–Crippen MR) is 108 cm³/mol. The van der Waals surface area contributed by atoms with Gasteiger partial charge < -0.3 is 5.32 Å². The number of para-hydroxylation sites is 1. The molecule has 0 spiro atoms. The molecule has 1 amide bonds. The summed E-state index contributed by atoms with van der Waals surface area (Å²) in [6, 6.07) is 17.0. The van der Waals surface area contributed by atoms with Crippen molar-refractivity contribution in [2.24, 2.45) is 0 Å². The Morgan fingerprint density at radius 1 is 1.04 bits per heavy atom. The lowest BCUT2D eigenvalue weighted by atomic mass is 10.1. The molecular formula is C20H14N6OS. The maximum Gasteiger partial charge on any atom is 0.277 e. The fraction of sp³-hybridized carbons (Fsp3) is 0. The summed E-state index contributed by atoms with van der Waals surface area (Å²) >= 11 is 1.59. The van der Waals surface area contributed by atoms with Gasteiger partial charge >= 0.3 is 0 Å². The van der Waals surface area contributed by atoms with E-state index in [0.29, 0.717) is 5.69 Å². The molecule has 0 saturated heterocycles. The zero-order valence-electron chi connectivity index (χ0n) is 14.6. The third kappa shape index (κ3) is 3.06. The number of amides is 1. The van der Waals surface area contributed by atoms with Crippen LogP contribution in [-0.2, 0) is 0 Å². The smallest absolute Gasteiger partial charge is 0.277 e. The van der Waals surface area contributed by atoms with Crippen molar-refractivity contribution in [3.63, 3.8) is 0 Å². The van der Waals surface area contributed by atoms with Crippen molar-refractivity contribution in [2.45, 2.75) is 0 Å². The molecule has 0 bridgehead atoms. The average Bonchev–Trinajstić information content (AvgIpc) is 3.45. The summed E-state index contributed by atoms with van der Waals surface area (Å²) in [4.78, 5) is 19.4. The van der Waals surface area contributed by atoms with Crippen LogP contribution in [0.5, 0.6) is 0 Å².